The van der Waals surface area contributed by atoms with E-state index in [0.29, 0.717) is 0 Å². The molecule has 1 aliphatic rings. The third-order valence-corrected chi connectivity index (χ3v) is 2.87. The maximum atomic E-state index is 9.24. The van der Waals surface area contributed by atoms with Gasteiger partial charge in [0.1, 0.15) is 12.5 Å². The summed E-state index contributed by atoms with van der Waals surface area (Å²) in [5, 5.41) is 15.0. The predicted molar refractivity (Wildman–Crippen MR) is 42.4 cm³/mol. The Hall–Kier alpha value is 0.320. The number of rotatable bonds is 0. The molecule has 4 atom stereocenters. The summed E-state index contributed by atoms with van der Waals surface area (Å²) >= 11 is 3.32. The highest BCUT2D eigenvalue weighted by Gasteiger charge is 2.29. The van der Waals surface area contributed by atoms with E-state index in [4.69, 9.17) is 5.73 Å². The van der Waals surface area contributed by atoms with Crippen LogP contribution in [0.3, 0.4) is 0 Å². The molecule has 1 heterocycles. The van der Waals surface area contributed by atoms with Gasteiger partial charge >= 0.3 is 0 Å². The maximum absolute atomic E-state index is 9.24. The van der Waals surface area contributed by atoms with Crippen molar-refractivity contribution in [1.82, 2.24) is 10.6 Å². The number of alkyl halides is 1. The highest BCUT2D eigenvalue weighted by atomic mass is 79.9. The van der Waals surface area contributed by atoms with Gasteiger partial charge in [-0.1, -0.05) is 15.9 Å². The van der Waals surface area contributed by atoms with Crippen molar-refractivity contribution in [2.24, 2.45) is 5.73 Å². The lowest BCUT2D eigenvalue weighted by Crippen LogP contribution is -2.66. The van der Waals surface area contributed by atoms with Gasteiger partial charge in [-0.05, 0) is 6.92 Å². The van der Waals surface area contributed by atoms with Crippen molar-refractivity contribution in [3.63, 3.8) is 0 Å². The van der Waals surface area contributed by atoms with Crippen molar-refractivity contribution in [3.8, 4) is 0 Å². The zero-order valence-electron chi connectivity index (χ0n) is 5.71. The van der Waals surface area contributed by atoms with Crippen LogP contribution in [0, 0.1) is 0 Å². The molecule has 0 bridgehead atoms. The Bertz CT molecular complexity index is 111. The average Bonchev–Trinajstić information content (AvgIpc) is 1.82. The van der Waals surface area contributed by atoms with Crippen LogP contribution in [-0.4, -0.2) is 28.5 Å². The Morgan fingerprint density at radius 3 is 2.60 bits per heavy atom. The molecule has 1 fully saturated rings. The molecule has 5 heteroatoms. The van der Waals surface area contributed by atoms with Gasteiger partial charge in [-0.25, -0.2) is 0 Å². The van der Waals surface area contributed by atoms with Gasteiger partial charge in [0.05, 0.1) is 4.83 Å². The van der Waals surface area contributed by atoms with Crippen molar-refractivity contribution in [3.05, 3.63) is 0 Å². The van der Waals surface area contributed by atoms with Crippen LogP contribution >= 0.6 is 15.9 Å². The van der Waals surface area contributed by atoms with Crippen LogP contribution in [-0.2, 0) is 0 Å². The summed E-state index contributed by atoms with van der Waals surface area (Å²) in [6.07, 6.45) is -0.870. The van der Waals surface area contributed by atoms with Gasteiger partial charge in [0, 0.05) is 6.04 Å². The Morgan fingerprint density at radius 2 is 2.10 bits per heavy atom. The molecule has 1 aliphatic heterocycles. The van der Waals surface area contributed by atoms with Gasteiger partial charge in [0.15, 0.2) is 0 Å². The minimum atomic E-state index is -0.564. The molecule has 0 radical (unpaired) electrons. The van der Waals surface area contributed by atoms with Crippen LogP contribution in [0.4, 0.5) is 0 Å². The van der Waals surface area contributed by atoms with Crippen molar-refractivity contribution >= 4 is 15.9 Å². The molecule has 0 aromatic rings. The molecule has 4 nitrogen and oxygen atoms in total. The van der Waals surface area contributed by atoms with E-state index in [0.717, 1.165) is 0 Å². The SMILES string of the molecule is CC1NC(N)NC(O)C1Br. The third-order valence-electron chi connectivity index (χ3n) is 1.57. The smallest absolute Gasteiger partial charge is 0.121 e. The van der Waals surface area contributed by atoms with Crippen LogP contribution in [0.5, 0.6) is 0 Å². The molecular weight excluding hydrogens is 198 g/mol. The van der Waals surface area contributed by atoms with Gasteiger partial charge in [-0.3, -0.25) is 10.6 Å². The van der Waals surface area contributed by atoms with E-state index in [9.17, 15) is 5.11 Å². The number of aliphatic hydroxyl groups is 1. The summed E-state index contributed by atoms with van der Waals surface area (Å²) in [7, 11) is 0. The van der Waals surface area contributed by atoms with E-state index >= 15 is 0 Å². The van der Waals surface area contributed by atoms with E-state index in [1.807, 2.05) is 6.92 Å². The Kier molecular flexibility index (Phi) is 2.65. The molecule has 5 N–H and O–H groups in total. The van der Waals surface area contributed by atoms with Crippen molar-refractivity contribution < 1.29 is 5.11 Å². The van der Waals surface area contributed by atoms with Crippen LogP contribution in [0.1, 0.15) is 6.92 Å². The average molecular weight is 210 g/mol. The molecular formula is C5H12BrN3O. The summed E-state index contributed by atoms with van der Waals surface area (Å²) in [6.45, 7) is 1.96. The van der Waals surface area contributed by atoms with Crippen LogP contribution in [0.25, 0.3) is 0 Å². The predicted octanol–water partition coefficient (Wildman–Crippen LogP) is -1.11. The molecule has 0 amide bonds. The summed E-state index contributed by atoms with van der Waals surface area (Å²) in [6, 6.07) is 0.186. The first kappa shape index (κ1) is 8.42. The monoisotopic (exact) mass is 209 g/mol. The van der Waals surface area contributed by atoms with Crippen molar-refractivity contribution in [1.29, 1.82) is 0 Å². The molecule has 1 rings (SSSR count). The van der Waals surface area contributed by atoms with Crippen LogP contribution < -0.4 is 16.4 Å². The number of halogens is 1. The first-order chi connectivity index (χ1) is 4.61. The largest absolute Gasteiger partial charge is 0.377 e. The molecule has 0 aromatic heterocycles. The summed E-state index contributed by atoms with van der Waals surface area (Å²) in [5.74, 6) is 0. The topological polar surface area (TPSA) is 70.3 Å². The Morgan fingerprint density at radius 1 is 1.50 bits per heavy atom. The lowest BCUT2D eigenvalue weighted by molar-refractivity contribution is 0.0742. The molecule has 10 heavy (non-hydrogen) atoms. The fourth-order valence-electron chi connectivity index (χ4n) is 0.973. The first-order valence-electron chi connectivity index (χ1n) is 3.21. The minimum Gasteiger partial charge on any atom is -0.377 e. The third kappa shape index (κ3) is 1.67. The zero-order chi connectivity index (χ0) is 7.72. The number of nitrogens with two attached hydrogens (primary N) is 1. The van der Waals surface area contributed by atoms with E-state index < -0.39 is 6.23 Å². The first-order valence-corrected chi connectivity index (χ1v) is 4.12. The normalized spacial score (nSPS) is 49.2. The van der Waals surface area contributed by atoms with Crippen molar-refractivity contribution in [2.45, 2.75) is 30.3 Å². The van der Waals surface area contributed by atoms with E-state index in [-0.39, 0.29) is 17.2 Å². The van der Waals surface area contributed by atoms with E-state index in [1.165, 1.54) is 0 Å². The summed E-state index contributed by atoms with van der Waals surface area (Å²) in [5.41, 5.74) is 5.47. The zero-order valence-corrected chi connectivity index (χ0v) is 7.30. The van der Waals surface area contributed by atoms with Crippen molar-refractivity contribution in [2.75, 3.05) is 0 Å². The number of hydrogen-bond donors (Lipinski definition) is 4. The number of hydrogen-bond acceptors (Lipinski definition) is 4. The van der Waals surface area contributed by atoms with Crippen LogP contribution in [0.15, 0.2) is 0 Å². The lowest BCUT2D eigenvalue weighted by Gasteiger charge is -2.35. The molecule has 1 saturated heterocycles. The maximum Gasteiger partial charge on any atom is 0.121 e. The highest BCUT2D eigenvalue weighted by molar-refractivity contribution is 9.09. The molecule has 0 saturated carbocycles. The van der Waals surface area contributed by atoms with Gasteiger partial charge in [0.2, 0.25) is 0 Å². The standard InChI is InChI=1S/C5H12BrN3O/c1-2-3(6)4(10)9-5(7)8-2/h2-5,8-10H,7H2,1H3. The van der Waals surface area contributed by atoms with Gasteiger partial charge < -0.3 is 10.8 Å². The molecule has 0 aromatic carbocycles. The van der Waals surface area contributed by atoms with Crippen LogP contribution in [0.2, 0.25) is 0 Å². The fraction of sp³-hybridized carbons (Fsp3) is 1.00. The quantitative estimate of drug-likeness (QED) is 0.383. The number of aliphatic hydroxyl groups excluding tert-OH is 1. The summed E-state index contributed by atoms with van der Waals surface area (Å²) in [4.78, 5) is 0.0206. The molecule has 60 valence electrons. The van der Waals surface area contributed by atoms with Gasteiger partial charge in [0.25, 0.3) is 0 Å². The van der Waals surface area contributed by atoms with Gasteiger partial charge in [-0.15, -0.1) is 0 Å². The number of nitrogens with one attached hydrogen (secondary N) is 2. The van der Waals surface area contributed by atoms with Gasteiger partial charge in [-0.2, -0.15) is 0 Å². The van der Waals surface area contributed by atoms with E-state index in [1.54, 1.807) is 0 Å². The molecule has 0 aliphatic carbocycles. The Balaban J connectivity index is 2.49. The molecule has 4 unspecified atom stereocenters. The fourth-order valence-corrected chi connectivity index (χ4v) is 1.28. The summed E-state index contributed by atoms with van der Waals surface area (Å²) < 4.78 is 0. The van der Waals surface area contributed by atoms with E-state index in [2.05, 4.69) is 26.6 Å². The Labute approximate surface area is 68.3 Å². The second-order valence-electron chi connectivity index (χ2n) is 2.49. The lowest BCUT2D eigenvalue weighted by atomic mass is 10.2. The molecule has 0 spiro atoms. The second kappa shape index (κ2) is 3.15. The second-order valence-corrected chi connectivity index (χ2v) is 3.55. The highest BCUT2D eigenvalue weighted by Crippen LogP contribution is 2.12. The minimum absolute atomic E-state index is 0.0206.